The number of benzene rings is 1. The Hall–Kier alpha value is -4.00. The lowest BCUT2D eigenvalue weighted by Gasteiger charge is -2.21. The number of rotatable bonds is 14. The number of hydrogen-bond donors (Lipinski definition) is 7. The highest BCUT2D eigenvalue weighted by molar-refractivity contribution is 5.94. The Morgan fingerprint density at radius 2 is 1.55 bits per heavy atom. The number of carbonyl (C=O) groups is 6. The Balaban J connectivity index is 2.71. The number of hydrogen-bond acceptors (Lipinski definition) is 7. The summed E-state index contributed by atoms with van der Waals surface area (Å²) >= 11 is 0. The van der Waals surface area contributed by atoms with Gasteiger partial charge < -0.3 is 37.6 Å². The second kappa shape index (κ2) is 13.4. The molecule has 1 aromatic rings. The second-order valence-electron chi connectivity index (χ2n) is 7.14. The third kappa shape index (κ3) is 10.7. The van der Waals surface area contributed by atoms with Gasteiger partial charge in [-0.1, -0.05) is 30.3 Å². The van der Waals surface area contributed by atoms with Gasteiger partial charge in [-0.15, -0.1) is 0 Å². The summed E-state index contributed by atoms with van der Waals surface area (Å²) in [4.78, 5) is 69.9. The van der Waals surface area contributed by atoms with Gasteiger partial charge in [0, 0.05) is 12.8 Å². The maximum absolute atomic E-state index is 12.5. The number of nitrogens with one attached hydrogen (secondary N) is 3. The largest absolute Gasteiger partial charge is 0.481 e. The molecule has 0 heterocycles. The van der Waals surface area contributed by atoms with Gasteiger partial charge in [0.15, 0.2) is 0 Å². The van der Waals surface area contributed by atoms with Crippen molar-refractivity contribution in [3.8, 4) is 0 Å². The van der Waals surface area contributed by atoms with Crippen molar-refractivity contribution in [3.63, 3.8) is 0 Å². The maximum atomic E-state index is 12.5. The SMILES string of the molecule is NC(=O)CCC(N)C(=O)NCC(=O)NC(CC(=O)O)C(=O)NC(Cc1ccccc1)C(=O)O. The van der Waals surface area contributed by atoms with Gasteiger partial charge in [0.25, 0.3) is 0 Å². The van der Waals surface area contributed by atoms with Crippen LogP contribution in [0, 0.1) is 0 Å². The third-order valence-electron chi connectivity index (χ3n) is 4.39. The second-order valence-corrected chi connectivity index (χ2v) is 7.14. The van der Waals surface area contributed by atoms with Gasteiger partial charge in [-0.25, -0.2) is 4.79 Å². The molecule has 13 nitrogen and oxygen atoms in total. The molecule has 4 amide bonds. The molecule has 0 fully saturated rings. The first-order valence-electron chi connectivity index (χ1n) is 9.89. The maximum Gasteiger partial charge on any atom is 0.326 e. The Kier molecular flexibility index (Phi) is 11.0. The molecule has 0 saturated heterocycles. The van der Waals surface area contributed by atoms with Gasteiger partial charge >= 0.3 is 11.9 Å². The third-order valence-corrected chi connectivity index (χ3v) is 4.39. The Bertz CT molecular complexity index is 876. The van der Waals surface area contributed by atoms with Crippen LogP contribution in [0.4, 0.5) is 0 Å². The molecule has 180 valence electrons. The number of primary amides is 1. The van der Waals surface area contributed by atoms with E-state index in [-0.39, 0.29) is 19.3 Å². The van der Waals surface area contributed by atoms with Crippen LogP contribution in [0.15, 0.2) is 30.3 Å². The van der Waals surface area contributed by atoms with E-state index in [9.17, 15) is 33.9 Å². The van der Waals surface area contributed by atoms with Crippen molar-refractivity contribution in [2.24, 2.45) is 11.5 Å². The van der Waals surface area contributed by atoms with E-state index in [1.165, 1.54) is 0 Å². The van der Waals surface area contributed by atoms with Crippen LogP contribution in [0.1, 0.15) is 24.8 Å². The fourth-order valence-corrected chi connectivity index (χ4v) is 2.68. The minimum atomic E-state index is -1.59. The molecular weight excluding hydrogens is 438 g/mol. The first kappa shape index (κ1) is 27.0. The lowest BCUT2D eigenvalue weighted by Crippen LogP contribution is -2.54. The summed E-state index contributed by atoms with van der Waals surface area (Å²) in [6.07, 6.45) is -1.05. The summed E-state index contributed by atoms with van der Waals surface area (Å²) in [6.45, 7) is -0.626. The molecule has 0 bridgehead atoms. The van der Waals surface area contributed by atoms with Crippen molar-refractivity contribution >= 4 is 35.6 Å². The van der Waals surface area contributed by atoms with Crippen LogP contribution in [-0.4, -0.2) is 70.5 Å². The number of carboxylic acids is 2. The average Bonchev–Trinajstić information content (AvgIpc) is 2.75. The van der Waals surface area contributed by atoms with Gasteiger partial charge in [-0.05, 0) is 12.0 Å². The first-order valence-corrected chi connectivity index (χ1v) is 9.89. The number of carbonyl (C=O) groups excluding carboxylic acids is 4. The molecule has 3 unspecified atom stereocenters. The normalized spacial score (nSPS) is 13.1. The molecule has 1 rings (SSSR count). The highest BCUT2D eigenvalue weighted by Gasteiger charge is 2.28. The van der Waals surface area contributed by atoms with Crippen molar-refractivity contribution in [2.75, 3.05) is 6.54 Å². The van der Waals surface area contributed by atoms with E-state index in [0.29, 0.717) is 5.56 Å². The molecule has 13 heteroatoms. The minimum Gasteiger partial charge on any atom is -0.481 e. The summed E-state index contributed by atoms with van der Waals surface area (Å²) in [5, 5.41) is 25.0. The summed E-state index contributed by atoms with van der Waals surface area (Å²) in [5.41, 5.74) is 11.2. The quantitative estimate of drug-likeness (QED) is 0.153. The molecule has 0 spiro atoms. The molecule has 0 aliphatic heterocycles. The van der Waals surface area contributed by atoms with E-state index in [0.717, 1.165) is 0 Å². The molecular formula is C20H27N5O8. The summed E-state index contributed by atoms with van der Waals surface area (Å²) in [5.74, 6) is -6.07. The summed E-state index contributed by atoms with van der Waals surface area (Å²) in [7, 11) is 0. The lowest BCUT2D eigenvalue weighted by atomic mass is 10.1. The first-order chi connectivity index (χ1) is 15.5. The lowest BCUT2D eigenvalue weighted by molar-refractivity contribution is -0.143. The van der Waals surface area contributed by atoms with Gasteiger partial charge in [0.05, 0.1) is 19.0 Å². The smallest absolute Gasteiger partial charge is 0.326 e. The van der Waals surface area contributed by atoms with E-state index in [2.05, 4.69) is 16.0 Å². The van der Waals surface area contributed by atoms with E-state index in [4.69, 9.17) is 16.6 Å². The molecule has 3 atom stereocenters. The molecule has 33 heavy (non-hydrogen) atoms. The highest BCUT2D eigenvalue weighted by atomic mass is 16.4. The van der Waals surface area contributed by atoms with Crippen LogP contribution in [0.5, 0.6) is 0 Å². The predicted octanol–water partition coefficient (Wildman–Crippen LogP) is -2.53. The Labute approximate surface area is 188 Å². The molecule has 9 N–H and O–H groups in total. The number of aliphatic carboxylic acids is 2. The molecule has 0 aliphatic rings. The number of nitrogens with two attached hydrogens (primary N) is 2. The molecule has 0 aliphatic carbocycles. The fourth-order valence-electron chi connectivity index (χ4n) is 2.68. The van der Waals surface area contributed by atoms with E-state index in [1.54, 1.807) is 30.3 Å². The molecule has 0 saturated carbocycles. The van der Waals surface area contributed by atoms with Crippen LogP contribution < -0.4 is 27.4 Å². The zero-order chi connectivity index (χ0) is 25.0. The van der Waals surface area contributed by atoms with Crippen LogP contribution >= 0.6 is 0 Å². The minimum absolute atomic E-state index is 0.0369. The van der Waals surface area contributed by atoms with Crippen molar-refractivity contribution in [2.45, 2.75) is 43.8 Å². The van der Waals surface area contributed by atoms with Crippen LogP contribution in [0.2, 0.25) is 0 Å². The van der Waals surface area contributed by atoms with Gasteiger partial charge in [0.2, 0.25) is 23.6 Å². The molecule has 1 aromatic carbocycles. The summed E-state index contributed by atoms with van der Waals surface area (Å²) in [6, 6.07) is 4.39. The molecule has 0 aromatic heterocycles. The zero-order valence-electron chi connectivity index (χ0n) is 17.7. The van der Waals surface area contributed by atoms with Crippen molar-refractivity contribution in [3.05, 3.63) is 35.9 Å². The van der Waals surface area contributed by atoms with Crippen LogP contribution in [-0.2, 0) is 35.2 Å². The number of amides is 4. The molecule has 0 radical (unpaired) electrons. The van der Waals surface area contributed by atoms with Crippen LogP contribution in [0.3, 0.4) is 0 Å². The monoisotopic (exact) mass is 465 g/mol. The van der Waals surface area contributed by atoms with Crippen LogP contribution in [0.25, 0.3) is 0 Å². The van der Waals surface area contributed by atoms with Crippen molar-refractivity contribution in [1.29, 1.82) is 0 Å². The predicted molar refractivity (Wildman–Crippen MR) is 113 cm³/mol. The van der Waals surface area contributed by atoms with E-state index >= 15 is 0 Å². The topological polar surface area (TPSA) is 231 Å². The van der Waals surface area contributed by atoms with E-state index < -0.39 is 66.7 Å². The van der Waals surface area contributed by atoms with Gasteiger partial charge in [-0.3, -0.25) is 24.0 Å². The van der Waals surface area contributed by atoms with Gasteiger partial charge in [0.1, 0.15) is 12.1 Å². The fraction of sp³-hybridized carbons (Fsp3) is 0.400. The average molecular weight is 465 g/mol. The Morgan fingerprint density at radius 3 is 2.09 bits per heavy atom. The highest BCUT2D eigenvalue weighted by Crippen LogP contribution is 2.05. The Morgan fingerprint density at radius 1 is 0.909 bits per heavy atom. The number of carboxylic acid groups (broad SMARTS) is 2. The standard InChI is InChI=1S/C20H27N5O8/c21-12(6-7-15(22)26)18(30)23-10-16(27)24-13(9-17(28)29)19(31)25-14(20(32)33)8-11-4-2-1-3-5-11/h1-5,12-14H,6-10,21H2,(H2,22,26)(H,23,30)(H,24,27)(H,25,31)(H,28,29)(H,32,33). The van der Waals surface area contributed by atoms with Crippen molar-refractivity contribution < 1.29 is 39.0 Å². The van der Waals surface area contributed by atoms with E-state index in [1.807, 2.05) is 0 Å². The van der Waals surface area contributed by atoms with Gasteiger partial charge in [-0.2, -0.15) is 0 Å². The van der Waals surface area contributed by atoms with Crippen molar-refractivity contribution in [1.82, 2.24) is 16.0 Å². The summed E-state index contributed by atoms with van der Waals surface area (Å²) < 4.78 is 0. The zero-order valence-corrected chi connectivity index (χ0v) is 17.7.